The molecule has 1 aliphatic rings. The number of nitrogens with zero attached hydrogens (tertiary/aromatic N) is 2. The number of nitrogens with one attached hydrogen (secondary N) is 1. The fourth-order valence-corrected chi connectivity index (χ4v) is 2.94. The molecule has 0 aromatic heterocycles. The number of likely N-dealkylation sites (N-methyl/N-ethyl adjacent to an activating group) is 1. The Morgan fingerprint density at radius 3 is 2.85 bits per heavy atom. The third-order valence-corrected chi connectivity index (χ3v) is 4.57. The summed E-state index contributed by atoms with van der Waals surface area (Å²) in [5, 5.41) is 3.00. The maximum absolute atomic E-state index is 13.2. The van der Waals surface area contributed by atoms with E-state index in [0.29, 0.717) is 25.2 Å². The fourth-order valence-electron chi connectivity index (χ4n) is 2.71. The van der Waals surface area contributed by atoms with Gasteiger partial charge in [0.15, 0.2) is 0 Å². The Balaban J connectivity index is 2.08. The number of carbonyl (C=O) groups excluding carboxylic acids is 3. The Bertz CT molecular complexity index is 701. The van der Waals surface area contributed by atoms with Crippen molar-refractivity contribution in [1.29, 1.82) is 0 Å². The van der Waals surface area contributed by atoms with Crippen molar-refractivity contribution in [3.05, 3.63) is 34.6 Å². The Morgan fingerprint density at radius 2 is 2.19 bits per heavy atom. The standard InChI is InChI=1S/C17H21ClFN3O4/c1-21(10-16(24)26-2)15(23)8-14-17(25)20-5-6-22(14)9-11-3-4-12(19)7-13(11)18/h3-4,7,14H,5-6,8-10H2,1-2H3,(H,20,25)/t14-/m1/s1. The molecule has 1 heterocycles. The van der Waals surface area contributed by atoms with E-state index in [1.807, 2.05) is 4.90 Å². The molecule has 142 valence electrons. The number of hydrogen-bond acceptors (Lipinski definition) is 5. The molecule has 1 aromatic rings. The molecule has 1 aliphatic heterocycles. The minimum Gasteiger partial charge on any atom is -0.468 e. The van der Waals surface area contributed by atoms with Crippen molar-refractivity contribution >= 4 is 29.4 Å². The number of benzene rings is 1. The SMILES string of the molecule is COC(=O)CN(C)C(=O)C[C@@H]1C(=O)NCCN1Cc1ccc(F)cc1Cl. The second-order valence-electron chi connectivity index (χ2n) is 6.04. The van der Waals surface area contributed by atoms with Crippen LogP contribution >= 0.6 is 11.6 Å². The number of piperazine rings is 1. The number of esters is 1. The molecule has 0 saturated carbocycles. The van der Waals surface area contributed by atoms with E-state index in [2.05, 4.69) is 10.1 Å². The van der Waals surface area contributed by atoms with Gasteiger partial charge in [0.1, 0.15) is 12.4 Å². The largest absolute Gasteiger partial charge is 0.468 e. The summed E-state index contributed by atoms with van der Waals surface area (Å²) < 4.78 is 17.7. The van der Waals surface area contributed by atoms with Crippen LogP contribution in [0.4, 0.5) is 4.39 Å². The molecule has 1 fully saturated rings. The summed E-state index contributed by atoms with van der Waals surface area (Å²) in [6.45, 7) is 1.09. The number of amides is 2. The predicted octanol–water partition coefficient (Wildman–Crippen LogP) is 0.801. The molecule has 0 radical (unpaired) electrons. The highest BCUT2D eigenvalue weighted by molar-refractivity contribution is 6.31. The molecule has 0 spiro atoms. The van der Waals surface area contributed by atoms with Crippen molar-refractivity contribution in [2.75, 3.05) is 33.8 Å². The first-order chi connectivity index (χ1) is 12.3. The van der Waals surface area contributed by atoms with E-state index < -0.39 is 17.8 Å². The van der Waals surface area contributed by atoms with Crippen LogP contribution in [0.2, 0.25) is 5.02 Å². The number of hydrogen-bond donors (Lipinski definition) is 1. The van der Waals surface area contributed by atoms with E-state index in [0.717, 1.165) is 0 Å². The van der Waals surface area contributed by atoms with Gasteiger partial charge in [-0.1, -0.05) is 17.7 Å². The molecule has 7 nitrogen and oxygen atoms in total. The quantitative estimate of drug-likeness (QED) is 0.733. The minimum absolute atomic E-state index is 0.0852. The maximum Gasteiger partial charge on any atom is 0.325 e. The van der Waals surface area contributed by atoms with E-state index in [1.165, 1.54) is 31.2 Å². The van der Waals surface area contributed by atoms with Crippen LogP contribution in [0.5, 0.6) is 0 Å². The Morgan fingerprint density at radius 1 is 1.46 bits per heavy atom. The first-order valence-corrected chi connectivity index (χ1v) is 8.46. The molecule has 2 amide bonds. The van der Waals surface area contributed by atoms with Crippen LogP contribution in [0.1, 0.15) is 12.0 Å². The van der Waals surface area contributed by atoms with E-state index in [-0.39, 0.29) is 29.8 Å². The molecule has 1 saturated heterocycles. The Hall–Kier alpha value is -2.19. The van der Waals surface area contributed by atoms with Gasteiger partial charge < -0.3 is 15.0 Å². The van der Waals surface area contributed by atoms with Crippen molar-refractivity contribution in [2.45, 2.75) is 19.0 Å². The monoisotopic (exact) mass is 385 g/mol. The third kappa shape index (κ3) is 5.15. The molecular weight excluding hydrogens is 365 g/mol. The fraction of sp³-hybridized carbons (Fsp3) is 0.471. The number of halogens is 2. The second-order valence-corrected chi connectivity index (χ2v) is 6.45. The molecule has 1 N–H and O–H groups in total. The summed E-state index contributed by atoms with van der Waals surface area (Å²) >= 11 is 6.07. The number of methoxy groups -OCH3 is 1. The second kappa shape index (κ2) is 8.95. The first-order valence-electron chi connectivity index (χ1n) is 8.08. The predicted molar refractivity (Wildman–Crippen MR) is 92.9 cm³/mol. The van der Waals surface area contributed by atoms with Gasteiger partial charge in [-0.2, -0.15) is 0 Å². The van der Waals surface area contributed by atoms with Gasteiger partial charge in [-0.15, -0.1) is 0 Å². The van der Waals surface area contributed by atoms with Crippen molar-refractivity contribution in [3.63, 3.8) is 0 Å². The summed E-state index contributed by atoms with van der Waals surface area (Å²) in [4.78, 5) is 39.0. The van der Waals surface area contributed by atoms with Crippen molar-refractivity contribution in [1.82, 2.24) is 15.1 Å². The molecular formula is C17H21ClFN3O4. The van der Waals surface area contributed by atoms with Crippen LogP contribution in [0.15, 0.2) is 18.2 Å². The van der Waals surface area contributed by atoms with Gasteiger partial charge in [-0.3, -0.25) is 19.3 Å². The highest BCUT2D eigenvalue weighted by Crippen LogP contribution is 2.21. The lowest BCUT2D eigenvalue weighted by molar-refractivity contribution is -0.147. The third-order valence-electron chi connectivity index (χ3n) is 4.22. The molecule has 0 unspecified atom stereocenters. The van der Waals surface area contributed by atoms with Gasteiger partial charge in [0, 0.05) is 31.7 Å². The van der Waals surface area contributed by atoms with Gasteiger partial charge in [0.05, 0.1) is 19.6 Å². The van der Waals surface area contributed by atoms with Gasteiger partial charge >= 0.3 is 5.97 Å². The summed E-state index contributed by atoms with van der Waals surface area (Å²) in [6, 6.07) is 3.38. The van der Waals surface area contributed by atoms with Crippen LogP contribution in [0.3, 0.4) is 0 Å². The molecule has 0 bridgehead atoms. The van der Waals surface area contributed by atoms with Gasteiger partial charge in [0.2, 0.25) is 11.8 Å². The number of ether oxygens (including phenoxy) is 1. The van der Waals surface area contributed by atoms with Crippen molar-refractivity contribution < 1.29 is 23.5 Å². The minimum atomic E-state index is -0.697. The molecule has 26 heavy (non-hydrogen) atoms. The van der Waals surface area contributed by atoms with Crippen LogP contribution in [0, 0.1) is 5.82 Å². The molecule has 2 rings (SSSR count). The Kier molecular flexibility index (Phi) is 6.93. The molecule has 1 aromatic carbocycles. The summed E-state index contributed by atoms with van der Waals surface area (Å²) in [5.41, 5.74) is 0.670. The molecule has 0 aliphatic carbocycles. The van der Waals surface area contributed by atoms with Gasteiger partial charge in [-0.05, 0) is 17.7 Å². The van der Waals surface area contributed by atoms with Crippen LogP contribution in [0.25, 0.3) is 0 Å². The van der Waals surface area contributed by atoms with Crippen LogP contribution < -0.4 is 5.32 Å². The highest BCUT2D eigenvalue weighted by atomic mass is 35.5. The highest BCUT2D eigenvalue weighted by Gasteiger charge is 2.33. The smallest absolute Gasteiger partial charge is 0.325 e. The van der Waals surface area contributed by atoms with E-state index in [4.69, 9.17) is 11.6 Å². The van der Waals surface area contributed by atoms with Gasteiger partial charge in [0.25, 0.3) is 0 Å². The molecule has 1 atom stereocenters. The lowest BCUT2D eigenvalue weighted by Crippen LogP contribution is -2.56. The van der Waals surface area contributed by atoms with Crippen molar-refractivity contribution in [3.8, 4) is 0 Å². The van der Waals surface area contributed by atoms with Crippen LogP contribution in [-0.2, 0) is 25.7 Å². The summed E-state index contributed by atoms with van der Waals surface area (Å²) in [6.07, 6.45) is -0.0852. The summed E-state index contributed by atoms with van der Waals surface area (Å²) in [5.74, 6) is -1.60. The van der Waals surface area contributed by atoms with Gasteiger partial charge in [-0.25, -0.2) is 4.39 Å². The first kappa shape index (κ1) is 20.1. The Labute approximate surface area is 156 Å². The zero-order valence-electron chi connectivity index (χ0n) is 14.6. The average Bonchev–Trinajstić information content (AvgIpc) is 2.59. The van der Waals surface area contributed by atoms with Crippen molar-refractivity contribution in [2.24, 2.45) is 0 Å². The topological polar surface area (TPSA) is 78.9 Å². The zero-order chi connectivity index (χ0) is 19.3. The normalized spacial score (nSPS) is 17.5. The van der Waals surface area contributed by atoms with Crippen LogP contribution in [-0.4, -0.2) is 67.4 Å². The lowest BCUT2D eigenvalue weighted by Gasteiger charge is -2.35. The van der Waals surface area contributed by atoms with E-state index >= 15 is 0 Å². The maximum atomic E-state index is 13.2. The zero-order valence-corrected chi connectivity index (χ0v) is 15.4. The summed E-state index contributed by atoms with van der Waals surface area (Å²) in [7, 11) is 2.71. The average molecular weight is 386 g/mol. The number of carbonyl (C=O) groups is 3. The van der Waals surface area contributed by atoms with E-state index in [1.54, 1.807) is 6.07 Å². The lowest BCUT2D eigenvalue weighted by atomic mass is 10.1. The number of rotatable bonds is 6. The molecule has 9 heteroatoms. The van der Waals surface area contributed by atoms with E-state index in [9.17, 15) is 18.8 Å².